The molecule has 17 heavy (non-hydrogen) atoms. The SMILES string of the molecule is CCCNC(C)c1nc2ccccc2n1CC. The number of benzene rings is 1. The molecule has 1 unspecified atom stereocenters. The fourth-order valence-electron chi connectivity index (χ4n) is 2.21. The molecule has 0 fully saturated rings. The van der Waals surface area contributed by atoms with Crippen LogP contribution in [0.2, 0.25) is 0 Å². The number of fused-ring (bicyclic) bond motifs is 1. The Morgan fingerprint density at radius 2 is 2.06 bits per heavy atom. The zero-order chi connectivity index (χ0) is 12.3. The lowest BCUT2D eigenvalue weighted by molar-refractivity contribution is 0.521. The van der Waals surface area contributed by atoms with Crippen molar-refractivity contribution in [2.24, 2.45) is 0 Å². The predicted octanol–water partition coefficient (Wildman–Crippen LogP) is 3.12. The summed E-state index contributed by atoms with van der Waals surface area (Å²) in [6.07, 6.45) is 1.15. The Morgan fingerprint density at radius 3 is 2.76 bits per heavy atom. The van der Waals surface area contributed by atoms with Gasteiger partial charge in [-0.05, 0) is 38.9 Å². The maximum Gasteiger partial charge on any atom is 0.126 e. The van der Waals surface area contributed by atoms with E-state index < -0.39 is 0 Å². The smallest absolute Gasteiger partial charge is 0.126 e. The van der Waals surface area contributed by atoms with Crippen molar-refractivity contribution in [3.63, 3.8) is 0 Å². The minimum atomic E-state index is 0.308. The van der Waals surface area contributed by atoms with Crippen LogP contribution in [0.15, 0.2) is 24.3 Å². The molecule has 92 valence electrons. The van der Waals surface area contributed by atoms with Crippen LogP contribution in [-0.2, 0) is 6.54 Å². The molecule has 2 aromatic rings. The van der Waals surface area contributed by atoms with Crippen molar-refractivity contribution in [3.05, 3.63) is 30.1 Å². The van der Waals surface area contributed by atoms with E-state index in [1.54, 1.807) is 0 Å². The number of hydrogen-bond donors (Lipinski definition) is 1. The van der Waals surface area contributed by atoms with Gasteiger partial charge in [0.2, 0.25) is 0 Å². The van der Waals surface area contributed by atoms with E-state index in [2.05, 4.69) is 48.9 Å². The van der Waals surface area contributed by atoms with Gasteiger partial charge in [0.05, 0.1) is 17.1 Å². The first-order valence-corrected chi connectivity index (χ1v) is 6.46. The van der Waals surface area contributed by atoms with Crippen LogP contribution in [0.25, 0.3) is 11.0 Å². The molecular weight excluding hydrogens is 210 g/mol. The molecule has 0 saturated heterocycles. The van der Waals surface area contributed by atoms with E-state index in [-0.39, 0.29) is 0 Å². The van der Waals surface area contributed by atoms with E-state index in [4.69, 9.17) is 4.98 Å². The summed E-state index contributed by atoms with van der Waals surface area (Å²) in [4.78, 5) is 4.74. The minimum absolute atomic E-state index is 0.308. The van der Waals surface area contributed by atoms with Gasteiger partial charge in [0.15, 0.2) is 0 Å². The van der Waals surface area contributed by atoms with Crippen LogP contribution in [0.1, 0.15) is 39.1 Å². The van der Waals surface area contributed by atoms with E-state index in [1.807, 2.05) is 6.07 Å². The second-order valence-electron chi connectivity index (χ2n) is 4.38. The first kappa shape index (κ1) is 12.1. The van der Waals surface area contributed by atoms with Gasteiger partial charge < -0.3 is 9.88 Å². The summed E-state index contributed by atoms with van der Waals surface area (Å²) >= 11 is 0. The topological polar surface area (TPSA) is 29.9 Å². The zero-order valence-electron chi connectivity index (χ0n) is 10.9. The molecule has 1 aromatic heterocycles. The van der Waals surface area contributed by atoms with Gasteiger partial charge in [0.1, 0.15) is 5.82 Å². The number of para-hydroxylation sites is 2. The molecule has 3 nitrogen and oxygen atoms in total. The summed E-state index contributed by atoms with van der Waals surface area (Å²) in [6, 6.07) is 8.65. The van der Waals surface area contributed by atoms with Crippen LogP contribution in [-0.4, -0.2) is 16.1 Å². The molecule has 0 spiro atoms. The first-order chi connectivity index (χ1) is 8.27. The van der Waals surface area contributed by atoms with Crippen molar-refractivity contribution in [2.45, 2.75) is 39.8 Å². The van der Waals surface area contributed by atoms with Crippen molar-refractivity contribution >= 4 is 11.0 Å². The molecule has 0 aliphatic rings. The van der Waals surface area contributed by atoms with Crippen LogP contribution in [0.4, 0.5) is 0 Å². The lowest BCUT2D eigenvalue weighted by Crippen LogP contribution is -2.22. The summed E-state index contributed by atoms with van der Waals surface area (Å²) in [6.45, 7) is 8.54. The average Bonchev–Trinajstić information content (AvgIpc) is 2.74. The van der Waals surface area contributed by atoms with Gasteiger partial charge in [-0.2, -0.15) is 0 Å². The molecule has 1 N–H and O–H groups in total. The van der Waals surface area contributed by atoms with Gasteiger partial charge in [-0.1, -0.05) is 19.1 Å². The number of imidazole rings is 1. The molecule has 0 amide bonds. The van der Waals surface area contributed by atoms with Crippen LogP contribution < -0.4 is 5.32 Å². The number of aromatic nitrogens is 2. The Bertz CT molecular complexity index is 487. The van der Waals surface area contributed by atoms with E-state index >= 15 is 0 Å². The van der Waals surface area contributed by atoms with Crippen molar-refractivity contribution < 1.29 is 0 Å². The number of rotatable bonds is 5. The highest BCUT2D eigenvalue weighted by Crippen LogP contribution is 2.20. The molecular formula is C14H21N3. The summed E-state index contributed by atoms with van der Waals surface area (Å²) < 4.78 is 2.29. The molecule has 1 atom stereocenters. The van der Waals surface area contributed by atoms with Gasteiger partial charge in [0, 0.05) is 6.54 Å². The molecule has 1 heterocycles. The third-order valence-electron chi connectivity index (χ3n) is 3.09. The van der Waals surface area contributed by atoms with E-state index in [9.17, 15) is 0 Å². The standard InChI is InChI=1S/C14H21N3/c1-4-10-15-11(3)14-16-12-8-6-7-9-13(12)17(14)5-2/h6-9,11,15H,4-5,10H2,1-3H3. The van der Waals surface area contributed by atoms with Gasteiger partial charge >= 0.3 is 0 Å². The molecule has 0 bridgehead atoms. The van der Waals surface area contributed by atoms with E-state index in [1.165, 1.54) is 5.52 Å². The van der Waals surface area contributed by atoms with Crippen LogP contribution in [0.3, 0.4) is 0 Å². The maximum atomic E-state index is 4.74. The largest absolute Gasteiger partial charge is 0.327 e. The normalized spacial score (nSPS) is 13.1. The summed E-state index contributed by atoms with van der Waals surface area (Å²) in [5.41, 5.74) is 2.32. The molecule has 0 radical (unpaired) electrons. The number of hydrogen-bond acceptors (Lipinski definition) is 2. The van der Waals surface area contributed by atoms with Gasteiger partial charge in [-0.3, -0.25) is 0 Å². The Balaban J connectivity index is 2.38. The number of aryl methyl sites for hydroxylation is 1. The predicted molar refractivity (Wildman–Crippen MR) is 72.1 cm³/mol. The van der Waals surface area contributed by atoms with Crippen molar-refractivity contribution in [3.8, 4) is 0 Å². The van der Waals surface area contributed by atoms with Gasteiger partial charge in [-0.15, -0.1) is 0 Å². The van der Waals surface area contributed by atoms with Crippen molar-refractivity contribution in [1.29, 1.82) is 0 Å². The average molecular weight is 231 g/mol. The van der Waals surface area contributed by atoms with Gasteiger partial charge in [0.25, 0.3) is 0 Å². The van der Waals surface area contributed by atoms with Crippen molar-refractivity contribution in [1.82, 2.24) is 14.9 Å². The fourth-order valence-corrected chi connectivity index (χ4v) is 2.21. The molecule has 2 rings (SSSR count). The van der Waals surface area contributed by atoms with E-state index in [0.29, 0.717) is 6.04 Å². The molecule has 0 aliphatic carbocycles. The third kappa shape index (κ3) is 2.34. The highest BCUT2D eigenvalue weighted by Gasteiger charge is 2.14. The monoisotopic (exact) mass is 231 g/mol. The fraction of sp³-hybridized carbons (Fsp3) is 0.500. The highest BCUT2D eigenvalue weighted by molar-refractivity contribution is 5.76. The highest BCUT2D eigenvalue weighted by atomic mass is 15.1. The van der Waals surface area contributed by atoms with Crippen molar-refractivity contribution in [2.75, 3.05) is 6.54 Å². The summed E-state index contributed by atoms with van der Waals surface area (Å²) in [7, 11) is 0. The number of nitrogens with one attached hydrogen (secondary N) is 1. The Kier molecular flexibility index (Phi) is 3.79. The van der Waals surface area contributed by atoms with Crippen LogP contribution in [0, 0.1) is 0 Å². The maximum absolute atomic E-state index is 4.74. The van der Waals surface area contributed by atoms with Crippen LogP contribution >= 0.6 is 0 Å². The summed E-state index contributed by atoms with van der Waals surface area (Å²) in [5.74, 6) is 1.14. The number of nitrogens with zero attached hydrogens (tertiary/aromatic N) is 2. The Hall–Kier alpha value is -1.35. The van der Waals surface area contributed by atoms with E-state index in [0.717, 1.165) is 30.9 Å². The lowest BCUT2D eigenvalue weighted by atomic mass is 10.3. The zero-order valence-corrected chi connectivity index (χ0v) is 10.9. The Labute approximate surface area is 103 Å². The van der Waals surface area contributed by atoms with Crippen LogP contribution in [0.5, 0.6) is 0 Å². The third-order valence-corrected chi connectivity index (χ3v) is 3.09. The Morgan fingerprint density at radius 1 is 1.29 bits per heavy atom. The molecule has 0 aliphatic heterocycles. The summed E-state index contributed by atoms with van der Waals surface area (Å²) in [5, 5.41) is 3.50. The second kappa shape index (κ2) is 5.32. The molecule has 3 heteroatoms. The molecule has 0 saturated carbocycles. The second-order valence-corrected chi connectivity index (χ2v) is 4.38. The quantitative estimate of drug-likeness (QED) is 0.857. The first-order valence-electron chi connectivity index (χ1n) is 6.46. The van der Waals surface area contributed by atoms with Gasteiger partial charge in [-0.25, -0.2) is 4.98 Å². The lowest BCUT2D eigenvalue weighted by Gasteiger charge is -2.14. The minimum Gasteiger partial charge on any atom is -0.327 e. The molecule has 1 aromatic carbocycles.